The van der Waals surface area contributed by atoms with Gasteiger partial charge in [-0.1, -0.05) is 0 Å². The SMILES string of the molecule is [AlH3].[B].[H-].[H-].[Li+].[Na+]. The van der Waals surface area contributed by atoms with Crippen LogP contribution in [0.25, 0.3) is 0 Å². The molecule has 4 heteroatoms. The van der Waals surface area contributed by atoms with Crippen LogP contribution >= 0.6 is 0 Å². The predicted molar refractivity (Wildman–Crippen MR) is 17.9 cm³/mol. The maximum absolute atomic E-state index is 0. The Bertz CT molecular complexity index is 13.5. The Hall–Kier alpha value is 2.19. The molecule has 0 atom stereocenters. The van der Waals surface area contributed by atoms with E-state index in [9.17, 15) is 0 Å². The fourth-order valence-corrected chi connectivity index (χ4v) is 0. The molecule has 0 aromatic heterocycles. The summed E-state index contributed by atoms with van der Waals surface area (Å²) < 4.78 is 0. The van der Waals surface area contributed by atoms with Crippen molar-refractivity contribution in [2.24, 2.45) is 0 Å². The van der Waals surface area contributed by atoms with Crippen LogP contribution < -0.4 is 48.4 Å². The second kappa shape index (κ2) is 19.0. The Morgan fingerprint density at radius 2 is 1.25 bits per heavy atom. The molecule has 0 aromatic rings. The molecule has 0 fully saturated rings. The van der Waals surface area contributed by atoms with Crippen LogP contribution in [-0.4, -0.2) is 25.8 Å². The fourth-order valence-electron chi connectivity index (χ4n) is 0. The summed E-state index contributed by atoms with van der Waals surface area (Å²) in [6.45, 7) is 0. The molecule has 0 amide bonds. The van der Waals surface area contributed by atoms with Gasteiger partial charge in [0.05, 0.1) is 0 Å². The molecule has 13 valence electrons. The van der Waals surface area contributed by atoms with Crippen molar-refractivity contribution in [3.8, 4) is 0 Å². The summed E-state index contributed by atoms with van der Waals surface area (Å²) in [7, 11) is 0. The van der Waals surface area contributed by atoms with Crippen molar-refractivity contribution in [2.45, 2.75) is 0 Å². The largest absolute Gasteiger partial charge is 1.00 e. The molecule has 0 N–H and O–H groups in total. The Balaban J connectivity index is 0. The van der Waals surface area contributed by atoms with Crippen LogP contribution in [0.4, 0.5) is 0 Å². The number of hydrogen-bond donors (Lipinski definition) is 0. The van der Waals surface area contributed by atoms with Gasteiger partial charge in [0.25, 0.3) is 0 Å². The van der Waals surface area contributed by atoms with Crippen molar-refractivity contribution < 1.29 is 51.3 Å². The van der Waals surface area contributed by atoms with Gasteiger partial charge in [-0.3, -0.25) is 0 Å². The van der Waals surface area contributed by atoms with Gasteiger partial charge in [0.1, 0.15) is 0 Å². The molecular formula is H5AlBLiNa. The zero-order chi connectivity index (χ0) is 0. The minimum absolute atomic E-state index is 0. The molecule has 0 aliphatic heterocycles. The zero-order valence-electron chi connectivity index (χ0n) is 4.58. The molecule has 0 saturated carbocycles. The summed E-state index contributed by atoms with van der Waals surface area (Å²) in [5, 5.41) is 0. The normalized spacial score (nSPS) is 0. The van der Waals surface area contributed by atoms with E-state index in [1.165, 1.54) is 0 Å². The van der Waals surface area contributed by atoms with Crippen molar-refractivity contribution in [2.75, 3.05) is 0 Å². The van der Waals surface area contributed by atoms with Crippen LogP contribution in [-0.2, 0) is 0 Å². The Morgan fingerprint density at radius 3 is 1.25 bits per heavy atom. The molecule has 4 heavy (non-hydrogen) atoms. The molecule has 0 nitrogen and oxygen atoms in total. The first kappa shape index (κ1) is 34.7. The van der Waals surface area contributed by atoms with E-state index in [0.29, 0.717) is 0 Å². The second-order valence-corrected chi connectivity index (χ2v) is 0. The van der Waals surface area contributed by atoms with E-state index in [-0.39, 0.29) is 77.0 Å². The zero-order valence-corrected chi connectivity index (χ0v) is 4.58. The molecule has 0 bridgehead atoms. The van der Waals surface area contributed by atoms with Gasteiger partial charge in [-0.2, -0.15) is 0 Å². The summed E-state index contributed by atoms with van der Waals surface area (Å²) in [6.07, 6.45) is 0. The molecule has 0 saturated heterocycles. The van der Waals surface area contributed by atoms with Crippen molar-refractivity contribution in [1.82, 2.24) is 0 Å². The van der Waals surface area contributed by atoms with Crippen LogP contribution in [0.5, 0.6) is 0 Å². The molecule has 0 spiro atoms. The smallest absolute Gasteiger partial charge is 1.00 e. The molecule has 0 aliphatic rings. The molecule has 0 aromatic carbocycles. The molecule has 0 aliphatic carbocycles. The van der Waals surface area contributed by atoms with Gasteiger partial charge in [0.15, 0.2) is 17.4 Å². The Morgan fingerprint density at radius 1 is 1.25 bits per heavy atom. The summed E-state index contributed by atoms with van der Waals surface area (Å²) in [5.74, 6) is 0. The first-order chi connectivity index (χ1) is 0. The van der Waals surface area contributed by atoms with Crippen LogP contribution in [0.2, 0.25) is 0 Å². The van der Waals surface area contributed by atoms with Gasteiger partial charge in [0, 0.05) is 8.41 Å². The van der Waals surface area contributed by atoms with E-state index in [1.54, 1.807) is 0 Å². The monoisotopic (exact) mass is 73.0 g/mol. The fraction of sp³-hybridized carbons (Fsp3) is 0. The third-order valence-corrected chi connectivity index (χ3v) is 0. The quantitative estimate of drug-likeness (QED) is 0.250. The van der Waals surface area contributed by atoms with Gasteiger partial charge in [-0.05, 0) is 0 Å². The standard InChI is InChI=1S/Al.B.Li.Na.5H/q;;2*+1;;;;2*-1. The predicted octanol–water partition coefficient (Wildman–Crippen LogP) is -7.33. The topological polar surface area (TPSA) is 0 Å². The van der Waals surface area contributed by atoms with E-state index in [2.05, 4.69) is 0 Å². The Labute approximate surface area is 76.2 Å². The van der Waals surface area contributed by atoms with E-state index < -0.39 is 0 Å². The first-order valence-electron chi connectivity index (χ1n) is 0. The van der Waals surface area contributed by atoms with E-state index in [1.807, 2.05) is 0 Å². The average Bonchev–Trinajstić information content (AvgIpc) is 0. The van der Waals surface area contributed by atoms with Gasteiger partial charge >= 0.3 is 48.4 Å². The first-order valence-corrected chi connectivity index (χ1v) is 0. The Kier molecular flexibility index (Phi) is 165. The maximum atomic E-state index is 0. The van der Waals surface area contributed by atoms with Crippen molar-refractivity contribution in [1.29, 1.82) is 0 Å². The van der Waals surface area contributed by atoms with Crippen LogP contribution in [0.15, 0.2) is 0 Å². The van der Waals surface area contributed by atoms with Crippen LogP contribution in [0, 0.1) is 0 Å². The van der Waals surface area contributed by atoms with E-state index in [4.69, 9.17) is 0 Å². The van der Waals surface area contributed by atoms with Crippen LogP contribution in [0.1, 0.15) is 2.85 Å². The molecule has 0 unspecified atom stereocenters. The van der Waals surface area contributed by atoms with Gasteiger partial charge in [-0.15, -0.1) is 0 Å². The molecular weight excluding hydrogens is 67.7 g/mol. The van der Waals surface area contributed by atoms with Crippen molar-refractivity contribution >= 4 is 25.8 Å². The summed E-state index contributed by atoms with van der Waals surface area (Å²) >= 11 is 0. The summed E-state index contributed by atoms with van der Waals surface area (Å²) in [6, 6.07) is 0. The van der Waals surface area contributed by atoms with Gasteiger partial charge < -0.3 is 2.85 Å². The van der Waals surface area contributed by atoms with Crippen molar-refractivity contribution in [3.63, 3.8) is 0 Å². The summed E-state index contributed by atoms with van der Waals surface area (Å²) in [4.78, 5) is 0. The summed E-state index contributed by atoms with van der Waals surface area (Å²) in [5.41, 5.74) is 0. The van der Waals surface area contributed by atoms with Crippen molar-refractivity contribution in [3.05, 3.63) is 0 Å². The second-order valence-electron chi connectivity index (χ2n) is 0. The minimum atomic E-state index is 0. The average molecular weight is 72.8 g/mol. The molecule has 3 radical (unpaired) electrons. The maximum Gasteiger partial charge on any atom is 1.00 e. The van der Waals surface area contributed by atoms with E-state index in [0.717, 1.165) is 0 Å². The third kappa shape index (κ3) is 8.89. The molecule has 0 rings (SSSR count). The van der Waals surface area contributed by atoms with Gasteiger partial charge in [-0.25, -0.2) is 0 Å². The van der Waals surface area contributed by atoms with Crippen LogP contribution in [0.3, 0.4) is 0 Å². The van der Waals surface area contributed by atoms with E-state index >= 15 is 0 Å². The van der Waals surface area contributed by atoms with Gasteiger partial charge in [0.2, 0.25) is 0 Å². The number of rotatable bonds is 0. The minimum Gasteiger partial charge on any atom is -1.00 e. The third-order valence-electron chi connectivity index (χ3n) is 0. The molecule has 0 heterocycles. The number of hydrogen-bond acceptors (Lipinski definition) is 0.